The first kappa shape index (κ1) is 21.2. The summed E-state index contributed by atoms with van der Waals surface area (Å²) >= 11 is 7.43. The third kappa shape index (κ3) is 4.36. The molecule has 1 atom stereocenters. The molecule has 0 saturated carbocycles. The Kier molecular flexibility index (Phi) is 6.11. The molecule has 0 aliphatic carbocycles. The van der Waals surface area contributed by atoms with Crippen molar-refractivity contribution in [3.63, 3.8) is 0 Å². The lowest BCUT2D eigenvalue weighted by Gasteiger charge is -2.22. The predicted molar refractivity (Wildman–Crippen MR) is 128 cm³/mol. The summed E-state index contributed by atoms with van der Waals surface area (Å²) in [5.41, 5.74) is 1.80. The van der Waals surface area contributed by atoms with Gasteiger partial charge in [0.2, 0.25) is 5.91 Å². The number of thioether (sulfide) groups is 1. The van der Waals surface area contributed by atoms with E-state index in [0.717, 1.165) is 5.69 Å². The van der Waals surface area contributed by atoms with E-state index in [1.165, 1.54) is 16.3 Å². The van der Waals surface area contributed by atoms with E-state index in [1.807, 2.05) is 49.4 Å². The minimum Gasteiger partial charge on any atom is -0.315 e. The third-order valence-electron chi connectivity index (χ3n) is 4.92. The van der Waals surface area contributed by atoms with E-state index >= 15 is 0 Å². The van der Waals surface area contributed by atoms with Gasteiger partial charge in [-0.15, -0.1) is 0 Å². The zero-order valence-electron chi connectivity index (χ0n) is 17.0. The highest BCUT2D eigenvalue weighted by Gasteiger charge is 2.23. The zero-order chi connectivity index (χ0) is 22.0. The molecule has 0 bridgehead atoms. The van der Waals surface area contributed by atoms with Crippen molar-refractivity contribution in [2.45, 2.75) is 17.3 Å². The molecule has 0 saturated heterocycles. The lowest BCUT2D eigenvalue weighted by Crippen LogP contribution is -2.33. The molecule has 4 aromatic rings. The Bertz CT molecular complexity index is 1310. The summed E-state index contributed by atoms with van der Waals surface area (Å²) in [6.07, 6.45) is 0. The predicted octanol–water partition coefficient (Wildman–Crippen LogP) is 5.18. The normalized spacial score (nSPS) is 12.0. The molecule has 156 valence electrons. The van der Waals surface area contributed by atoms with Crippen molar-refractivity contribution >= 4 is 45.9 Å². The largest absolute Gasteiger partial charge is 0.315 e. The smallest absolute Gasteiger partial charge is 0.266 e. The van der Waals surface area contributed by atoms with Crippen molar-refractivity contribution in [2.24, 2.45) is 0 Å². The van der Waals surface area contributed by atoms with Gasteiger partial charge in [-0.05, 0) is 49.4 Å². The van der Waals surface area contributed by atoms with Crippen molar-refractivity contribution < 1.29 is 4.79 Å². The third-order valence-corrected chi connectivity index (χ3v) is 6.19. The number of para-hydroxylation sites is 2. The molecule has 5 nitrogen and oxygen atoms in total. The number of rotatable bonds is 5. The molecule has 1 aromatic heterocycles. The number of fused-ring (bicyclic) bond motifs is 1. The molecule has 4 rings (SSSR count). The number of aromatic nitrogens is 2. The number of carbonyl (C=O) groups excluding carboxylic acids is 1. The summed E-state index contributed by atoms with van der Waals surface area (Å²) < 4.78 is 1.52. The highest BCUT2D eigenvalue weighted by Crippen LogP contribution is 2.27. The van der Waals surface area contributed by atoms with Gasteiger partial charge in [0.15, 0.2) is 5.16 Å². The van der Waals surface area contributed by atoms with Gasteiger partial charge in [-0.1, -0.05) is 59.8 Å². The van der Waals surface area contributed by atoms with Crippen molar-refractivity contribution in [2.75, 3.05) is 11.9 Å². The SMILES string of the molecule is CC(Sc1nc2ccccc2c(=O)n1-c1cccc(Cl)c1)C(=O)N(C)c1ccccc1. The van der Waals surface area contributed by atoms with Gasteiger partial charge in [0.25, 0.3) is 5.56 Å². The number of halogens is 1. The highest BCUT2D eigenvalue weighted by molar-refractivity contribution is 8.00. The van der Waals surface area contributed by atoms with Gasteiger partial charge in [0.05, 0.1) is 21.8 Å². The first-order valence-electron chi connectivity index (χ1n) is 9.72. The quantitative estimate of drug-likeness (QED) is 0.311. The van der Waals surface area contributed by atoms with Crippen molar-refractivity contribution in [3.8, 4) is 5.69 Å². The molecule has 0 spiro atoms. The van der Waals surface area contributed by atoms with Gasteiger partial charge in [0.1, 0.15) is 0 Å². The Hall–Kier alpha value is -3.09. The minimum atomic E-state index is -0.469. The molecule has 1 heterocycles. The van der Waals surface area contributed by atoms with Crippen molar-refractivity contribution in [1.82, 2.24) is 9.55 Å². The zero-order valence-corrected chi connectivity index (χ0v) is 18.6. The minimum absolute atomic E-state index is 0.0868. The highest BCUT2D eigenvalue weighted by atomic mass is 35.5. The van der Waals surface area contributed by atoms with Crippen LogP contribution in [0.3, 0.4) is 0 Å². The Morgan fingerprint density at radius 2 is 1.74 bits per heavy atom. The fraction of sp³-hybridized carbons (Fsp3) is 0.125. The second-order valence-electron chi connectivity index (χ2n) is 7.02. The van der Waals surface area contributed by atoms with Crippen LogP contribution in [0.15, 0.2) is 88.8 Å². The van der Waals surface area contributed by atoms with E-state index < -0.39 is 5.25 Å². The van der Waals surface area contributed by atoms with Crippen LogP contribution >= 0.6 is 23.4 Å². The number of benzene rings is 3. The molecule has 3 aromatic carbocycles. The van der Waals surface area contributed by atoms with Gasteiger partial charge in [-0.3, -0.25) is 14.2 Å². The molecule has 1 unspecified atom stereocenters. The van der Waals surface area contributed by atoms with Crippen LogP contribution in [0, 0.1) is 0 Å². The molecule has 31 heavy (non-hydrogen) atoms. The van der Waals surface area contributed by atoms with Crippen molar-refractivity contribution in [3.05, 3.63) is 94.2 Å². The maximum Gasteiger partial charge on any atom is 0.266 e. The summed E-state index contributed by atoms with van der Waals surface area (Å²) in [7, 11) is 1.74. The van der Waals surface area contributed by atoms with Gasteiger partial charge in [-0.25, -0.2) is 4.98 Å². The van der Waals surface area contributed by atoms with E-state index in [4.69, 9.17) is 16.6 Å². The standard InChI is InChI=1S/C24H20ClN3O2S/c1-16(22(29)27(2)18-10-4-3-5-11-18)31-24-26-21-14-7-6-13-20(21)23(30)28(24)19-12-8-9-17(25)15-19/h3-16H,1-2H3. The number of hydrogen-bond acceptors (Lipinski definition) is 4. The van der Waals surface area contributed by atoms with Gasteiger partial charge in [0, 0.05) is 17.8 Å². The average molecular weight is 450 g/mol. The molecule has 0 aliphatic heterocycles. The maximum absolute atomic E-state index is 13.3. The Balaban J connectivity index is 1.77. The van der Waals surface area contributed by atoms with Crippen LogP contribution in [0.2, 0.25) is 5.02 Å². The van der Waals surface area contributed by atoms with Crippen LogP contribution < -0.4 is 10.5 Å². The van der Waals surface area contributed by atoms with Gasteiger partial charge >= 0.3 is 0 Å². The van der Waals surface area contributed by atoms with E-state index in [0.29, 0.717) is 26.8 Å². The summed E-state index contributed by atoms with van der Waals surface area (Å²) in [4.78, 5) is 32.7. The maximum atomic E-state index is 13.3. The van der Waals surface area contributed by atoms with Crippen LogP contribution in [0.5, 0.6) is 0 Å². The van der Waals surface area contributed by atoms with Crippen LogP contribution in [0.1, 0.15) is 6.92 Å². The monoisotopic (exact) mass is 449 g/mol. The van der Waals surface area contributed by atoms with E-state index in [-0.39, 0.29) is 11.5 Å². The Morgan fingerprint density at radius 3 is 2.48 bits per heavy atom. The fourth-order valence-corrected chi connectivity index (χ4v) is 4.50. The number of amides is 1. The van der Waals surface area contributed by atoms with Gasteiger partial charge in [-0.2, -0.15) is 0 Å². The molecule has 0 fully saturated rings. The Morgan fingerprint density at radius 1 is 1.03 bits per heavy atom. The second kappa shape index (κ2) is 8.96. The average Bonchev–Trinajstić information content (AvgIpc) is 2.79. The van der Waals surface area contributed by atoms with E-state index in [1.54, 1.807) is 48.3 Å². The van der Waals surface area contributed by atoms with Crippen LogP contribution in [0.25, 0.3) is 16.6 Å². The first-order chi connectivity index (χ1) is 15.0. The number of hydrogen-bond donors (Lipinski definition) is 0. The van der Waals surface area contributed by atoms with Crippen LogP contribution in [-0.4, -0.2) is 27.8 Å². The molecule has 7 heteroatoms. The fourth-order valence-electron chi connectivity index (χ4n) is 3.29. The number of carbonyl (C=O) groups is 1. The molecule has 0 radical (unpaired) electrons. The summed E-state index contributed by atoms with van der Waals surface area (Å²) in [6, 6.07) is 23.7. The molecular formula is C24H20ClN3O2S. The van der Waals surface area contributed by atoms with E-state index in [9.17, 15) is 9.59 Å². The van der Waals surface area contributed by atoms with E-state index in [2.05, 4.69) is 0 Å². The van der Waals surface area contributed by atoms with Gasteiger partial charge < -0.3 is 4.90 Å². The molecule has 0 aliphatic rings. The topological polar surface area (TPSA) is 55.2 Å². The number of nitrogens with zero attached hydrogens (tertiary/aromatic N) is 3. The Labute approximate surface area is 189 Å². The van der Waals surface area contributed by atoms with Crippen molar-refractivity contribution in [1.29, 1.82) is 0 Å². The summed E-state index contributed by atoms with van der Waals surface area (Å²) in [6.45, 7) is 1.82. The molecule has 0 N–H and O–H groups in total. The van der Waals surface area contributed by atoms with Crippen LogP contribution in [-0.2, 0) is 4.79 Å². The lowest BCUT2D eigenvalue weighted by molar-refractivity contribution is -0.117. The second-order valence-corrected chi connectivity index (χ2v) is 8.77. The lowest BCUT2D eigenvalue weighted by atomic mass is 10.2. The summed E-state index contributed by atoms with van der Waals surface area (Å²) in [5, 5.41) is 0.991. The molecule has 1 amide bonds. The number of anilines is 1. The summed E-state index contributed by atoms with van der Waals surface area (Å²) in [5.74, 6) is -0.0868. The van der Waals surface area contributed by atoms with Crippen LogP contribution in [0.4, 0.5) is 5.69 Å². The molecular weight excluding hydrogens is 430 g/mol. The first-order valence-corrected chi connectivity index (χ1v) is 11.0.